The average Bonchev–Trinajstić information content (AvgIpc) is 2.61. The number of amides is 2. The SMILES string of the molecule is C=C(C)C1CC=C(C)/C(=N\NC(=O)c2ccc(NC(=O)CC)cc2)C1. The van der Waals surface area contributed by atoms with E-state index in [0.717, 1.165) is 29.7 Å². The molecule has 1 aliphatic rings. The van der Waals surface area contributed by atoms with Crippen molar-refractivity contribution in [1.82, 2.24) is 5.43 Å². The first kappa shape index (κ1) is 18.6. The van der Waals surface area contributed by atoms with E-state index < -0.39 is 0 Å². The Kier molecular flexibility index (Phi) is 6.28. The minimum atomic E-state index is -0.272. The monoisotopic (exact) mass is 339 g/mol. The molecule has 1 aromatic rings. The van der Waals surface area contributed by atoms with Gasteiger partial charge in [0.25, 0.3) is 5.91 Å². The third-order valence-electron chi connectivity index (χ3n) is 4.34. The van der Waals surface area contributed by atoms with E-state index in [-0.39, 0.29) is 11.8 Å². The number of nitrogens with zero attached hydrogens (tertiary/aromatic N) is 1. The fourth-order valence-corrected chi connectivity index (χ4v) is 2.56. The summed E-state index contributed by atoms with van der Waals surface area (Å²) in [7, 11) is 0. The molecule has 1 aromatic carbocycles. The van der Waals surface area contributed by atoms with Crippen molar-refractivity contribution in [2.24, 2.45) is 11.0 Å². The van der Waals surface area contributed by atoms with Crippen LogP contribution in [-0.4, -0.2) is 17.5 Å². The van der Waals surface area contributed by atoms with E-state index in [1.807, 2.05) is 13.8 Å². The van der Waals surface area contributed by atoms with E-state index in [1.165, 1.54) is 0 Å². The van der Waals surface area contributed by atoms with Crippen molar-refractivity contribution in [2.75, 3.05) is 5.32 Å². The smallest absolute Gasteiger partial charge is 0.271 e. The highest BCUT2D eigenvalue weighted by molar-refractivity contribution is 6.02. The molecule has 5 nitrogen and oxygen atoms in total. The van der Waals surface area contributed by atoms with Crippen LogP contribution < -0.4 is 10.7 Å². The molecule has 0 aliphatic heterocycles. The van der Waals surface area contributed by atoms with Crippen molar-refractivity contribution in [3.05, 3.63) is 53.6 Å². The summed E-state index contributed by atoms with van der Waals surface area (Å²) in [6.45, 7) is 9.83. The molecule has 0 fully saturated rings. The molecule has 0 aromatic heterocycles. The summed E-state index contributed by atoms with van der Waals surface area (Å²) in [5, 5.41) is 7.04. The Labute approximate surface area is 148 Å². The van der Waals surface area contributed by atoms with E-state index in [4.69, 9.17) is 0 Å². The molecule has 25 heavy (non-hydrogen) atoms. The first-order valence-electron chi connectivity index (χ1n) is 8.50. The van der Waals surface area contributed by atoms with Crippen molar-refractivity contribution in [3.8, 4) is 0 Å². The number of benzene rings is 1. The Bertz CT molecular complexity index is 730. The van der Waals surface area contributed by atoms with Gasteiger partial charge in [0.1, 0.15) is 0 Å². The van der Waals surface area contributed by atoms with Crippen molar-refractivity contribution in [2.45, 2.75) is 40.0 Å². The topological polar surface area (TPSA) is 70.6 Å². The first-order chi connectivity index (χ1) is 11.9. The molecule has 2 amide bonds. The third kappa shape index (κ3) is 5.14. The van der Waals surface area contributed by atoms with Gasteiger partial charge in [-0.05, 0) is 62.4 Å². The van der Waals surface area contributed by atoms with Gasteiger partial charge in [-0.15, -0.1) is 0 Å². The second-order valence-corrected chi connectivity index (χ2v) is 6.35. The van der Waals surface area contributed by atoms with E-state index in [2.05, 4.69) is 28.5 Å². The van der Waals surface area contributed by atoms with Crippen LogP contribution in [0, 0.1) is 5.92 Å². The molecule has 2 N–H and O–H groups in total. The van der Waals surface area contributed by atoms with Crippen molar-refractivity contribution < 1.29 is 9.59 Å². The zero-order valence-corrected chi connectivity index (χ0v) is 15.1. The highest BCUT2D eigenvalue weighted by Crippen LogP contribution is 2.26. The van der Waals surface area contributed by atoms with Gasteiger partial charge >= 0.3 is 0 Å². The third-order valence-corrected chi connectivity index (χ3v) is 4.34. The molecule has 1 unspecified atom stereocenters. The van der Waals surface area contributed by atoms with Gasteiger partial charge in [0, 0.05) is 17.7 Å². The van der Waals surface area contributed by atoms with E-state index in [1.54, 1.807) is 31.2 Å². The molecule has 0 saturated carbocycles. The lowest BCUT2D eigenvalue weighted by Gasteiger charge is -2.22. The second-order valence-electron chi connectivity index (χ2n) is 6.35. The summed E-state index contributed by atoms with van der Waals surface area (Å²) in [6, 6.07) is 6.75. The number of hydrogen-bond donors (Lipinski definition) is 2. The second kappa shape index (κ2) is 8.42. The lowest BCUT2D eigenvalue weighted by atomic mass is 9.85. The summed E-state index contributed by atoms with van der Waals surface area (Å²) in [4.78, 5) is 23.6. The highest BCUT2D eigenvalue weighted by Gasteiger charge is 2.19. The fraction of sp³-hybridized carbons (Fsp3) is 0.350. The van der Waals surface area contributed by atoms with E-state index in [0.29, 0.717) is 23.6 Å². The molecule has 5 heteroatoms. The zero-order chi connectivity index (χ0) is 18.4. The van der Waals surface area contributed by atoms with Crippen LogP contribution in [0.2, 0.25) is 0 Å². The van der Waals surface area contributed by atoms with Crippen LogP contribution in [0.4, 0.5) is 5.69 Å². The molecule has 0 bridgehead atoms. The number of anilines is 1. The average molecular weight is 339 g/mol. The Morgan fingerprint density at radius 1 is 1.28 bits per heavy atom. The van der Waals surface area contributed by atoms with Crippen LogP contribution >= 0.6 is 0 Å². The van der Waals surface area contributed by atoms with Crippen LogP contribution in [0.25, 0.3) is 0 Å². The number of hydrogen-bond acceptors (Lipinski definition) is 3. The fourth-order valence-electron chi connectivity index (χ4n) is 2.56. The van der Waals surface area contributed by atoms with Gasteiger partial charge in [0.05, 0.1) is 5.71 Å². The Morgan fingerprint density at radius 3 is 2.56 bits per heavy atom. The largest absolute Gasteiger partial charge is 0.326 e. The summed E-state index contributed by atoms with van der Waals surface area (Å²) < 4.78 is 0. The number of allylic oxidation sites excluding steroid dienone is 3. The van der Waals surface area contributed by atoms with Crippen molar-refractivity contribution in [3.63, 3.8) is 0 Å². The first-order valence-corrected chi connectivity index (χ1v) is 8.50. The predicted molar refractivity (Wildman–Crippen MR) is 102 cm³/mol. The molecular formula is C20H25N3O2. The molecule has 1 aliphatic carbocycles. The summed E-state index contributed by atoms with van der Waals surface area (Å²) in [5.74, 6) is 0.0437. The molecule has 0 spiro atoms. The van der Waals surface area contributed by atoms with Crippen LogP contribution in [-0.2, 0) is 4.79 Å². The van der Waals surface area contributed by atoms with Crippen LogP contribution in [0.5, 0.6) is 0 Å². The maximum Gasteiger partial charge on any atom is 0.271 e. The minimum Gasteiger partial charge on any atom is -0.326 e. The van der Waals surface area contributed by atoms with Crippen molar-refractivity contribution in [1.29, 1.82) is 0 Å². The number of rotatable bonds is 5. The molecule has 1 atom stereocenters. The number of carbonyl (C=O) groups excluding carboxylic acids is 2. The Morgan fingerprint density at radius 2 is 1.96 bits per heavy atom. The van der Waals surface area contributed by atoms with Crippen LogP contribution in [0.1, 0.15) is 50.4 Å². The predicted octanol–water partition coefficient (Wildman–Crippen LogP) is 4.05. The van der Waals surface area contributed by atoms with Crippen LogP contribution in [0.15, 0.2) is 53.2 Å². The maximum absolute atomic E-state index is 12.3. The maximum atomic E-state index is 12.3. The van der Waals surface area contributed by atoms with E-state index >= 15 is 0 Å². The molecule has 2 rings (SSSR count). The minimum absolute atomic E-state index is 0.0600. The number of hydrazone groups is 1. The van der Waals surface area contributed by atoms with Gasteiger partial charge in [0.2, 0.25) is 5.91 Å². The highest BCUT2D eigenvalue weighted by atomic mass is 16.2. The van der Waals surface area contributed by atoms with Gasteiger partial charge in [-0.1, -0.05) is 25.2 Å². The summed E-state index contributed by atoms with van der Waals surface area (Å²) in [5.41, 5.74) is 6.90. The molecule has 0 saturated heterocycles. The summed E-state index contributed by atoms with van der Waals surface area (Å²) >= 11 is 0. The normalized spacial score (nSPS) is 18.4. The van der Waals surface area contributed by atoms with Gasteiger partial charge in [-0.2, -0.15) is 5.10 Å². The lowest BCUT2D eigenvalue weighted by molar-refractivity contribution is -0.115. The molecule has 0 radical (unpaired) electrons. The van der Waals surface area contributed by atoms with Gasteiger partial charge < -0.3 is 5.32 Å². The Balaban J connectivity index is 2.01. The van der Waals surface area contributed by atoms with E-state index in [9.17, 15) is 9.59 Å². The standard InChI is InChI=1S/C20H25N3O2/c1-5-19(24)21-17-10-8-15(9-11-17)20(25)23-22-18-12-16(13(2)3)7-6-14(18)4/h6,8-11,16H,2,5,7,12H2,1,3-4H3,(H,21,24)(H,23,25)/b22-18-. The molecular weight excluding hydrogens is 314 g/mol. The van der Waals surface area contributed by atoms with Crippen LogP contribution in [0.3, 0.4) is 0 Å². The van der Waals surface area contributed by atoms with Gasteiger partial charge in [-0.25, -0.2) is 5.43 Å². The van der Waals surface area contributed by atoms with Gasteiger partial charge in [-0.3, -0.25) is 9.59 Å². The molecule has 132 valence electrons. The number of nitrogens with one attached hydrogen (secondary N) is 2. The quantitative estimate of drug-likeness (QED) is 0.627. The zero-order valence-electron chi connectivity index (χ0n) is 15.1. The summed E-state index contributed by atoms with van der Waals surface area (Å²) in [6.07, 6.45) is 4.32. The number of carbonyl (C=O) groups is 2. The van der Waals surface area contributed by atoms with Crippen molar-refractivity contribution >= 4 is 23.2 Å². The lowest BCUT2D eigenvalue weighted by Crippen LogP contribution is -2.23. The Hall–Kier alpha value is -2.69. The van der Waals surface area contributed by atoms with Gasteiger partial charge in [0.15, 0.2) is 0 Å². The molecule has 0 heterocycles.